The molecule has 1 rings (SSSR count). The molecule has 9 nitrogen and oxygen atoms in total. The number of rotatable bonds is 35. The van der Waals surface area contributed by atoms with Crippen LogP contribution in [0, 0.1) is 0 Å². The summed E-state index contributed by atoms with van der Waals surface area (Å²) >= 11 is 0. The Hall–Kier alpha value is -2.37. The molecule has 0 radical (unpaired) electrons. The van der Waals surface area contributed by atoms with E-state index >= 15 is 0 Å². The van der Waals surface area contributed by atoms with Gasteiger partial charge in [-0.2, -0.15) is 0 Å². The van der Waals surface area contributed by atoms with Crippen LogP contribution < -0.4 is 5.32 Å². The maximum Gasteiger partial charge on any atom is 0.220 e. The van der Waals surface area contributed by atoms with Gasteiger partial charge in [0.05, 0.1) is 25.4 Å². The summed E-state index contributed by atoms with van der Waals surface area (Å²) in [6.07, 6.45) is 42.2. The van der Waals surface area contributed by atoms with Gasteiger partial charge in [0.25, 0.3) is 0 Å². The number of nitrogens with one attached hydrogen (secondary N) is 1. The van der Waals surface area contributed by atoms with Crippen molar-refractivity contribution in [2.45, 2.75) is 204 Å². The lowest BCUT2D eigenvalue weighted by Crippen LogP contribution is -2.60. The first-order valence-electron chi connectivity index (χ1n) is 22.2. The number of hydrogen-bond acceptors (Lipinski definition) is 8. The highest BCUT2D eigenvalue weighted by atomic mass is 16.7. The highest BCUT2D eigenvalue weighted by Crippen LogP contribution is 2.22. The van der Waals surface area contributed by atoms with Crippen molar-refractivity contribution in [3.63, 3.8) is 0 Å². The average molecular weight is 788 g/mol. The second-order valence-corrected chi connectivity index (χ2v) is 15.1. The second kappa shape index (κ2) is 36.9. The Kier molecular flexibility index (Phi) is 34.1. The van der Waals surface area contributed by atoms with Crippen LogP contribution in [-0.4, -0.2) is 87.5 Å². The van der Waals surface area contributed by atoms with Crippen molar-refractivity contribution in [2.75, 3.05) is 13.2 Å². The van der Waals surface area contributed by atoms with Crippen molar-refractivity contribution < 1.29 is 39.8 Å². The Balaban J connectivity index is 2.43. The van der Waals surface area contributed by atoms with Crippen LogP contribution in [0.3, 0.4) is 0 Å². The van der Waals surface area contributed by atoms with E-state index in [2.05, 4.69) is 79.9 Å². The van der Waals surface area contributed by atoms with E-state index in [-0.39, 0.29) is 12.5 Å². The van der Waals surface area contributed by atoms with Crippen LogP contribution in [0.1, 0.15) is 162 Å². The average Bonchev–Trinajstić information content (AvgIpc) is 3.20. The van der Waals surface area contributed by atoms with Gasteiger partial charge in [0.15, 0.2) is 6.29 Å². The van der Waals surface area contributed by atoms with E-state index in [0.29, 0.717) is 6.42 Å². The van der Waals surface area contributed by atoms with Crippen LogP contribution >= 0.6 is 0 Å². The van der Waals surface area contributed by atoms with Gasteiger partial charge in [-0.1, -0.05) is 151 Å². The van der Waals surface area contributed by atoms with Crippen molar-refractivity contribution in [2.24, 2.45) is 0 Å². The molecule has 56 heavy (non-hydrogen) atoms. The predicted molar refractivity (Wildman–Crippen MR) is 230 cm³/mol. The number of hydrogen-bond donors (Lipinski definition) is 6. The summed E-state index contributed by atoms with van der Waals surface area (Å²) in [6, 6.07) is -0.835. The lowest BCUT2D eigenvalue weighted by Gasteiger charge is -2.40. The van der Waals surface area contributed by atoms with Crippen LogP contribution in [0.25, 0.3) is 0 Å². The van der Waals surface area contributed by atoms with Gasteiger partial charge >= 0.3 is 0 Å². The number of unbranched alkanes of at least 4 members (excludes halogenated alkanes) is 15. The van der Waals surface area contributed by atoms with Gasteiger partial charge < -0.3 is 40.3 Å². The molecule has 6 N–H and O–H groups in total. The molecular formula is C47H81NO8. The monoisotopic (exact) mass is 788 g/mol. The molecule has 0 aliphatic carbocycles. The Morgan fingerprint density at radius 2 is 1.12 bits per heavy atom. The van der Waals surface area contributed by atoms with Gasteiger partial charge in [0.1, 0.15) is 24.4 Å². The molecule has 0 saturated carbocycles. The van der Waals surface area contributed by atoms with Crippen molar-refractivity contribution in [3.05, 3.63) is 72.9 Å². The molecular weight excluding hydrogens is 707 g/mol. The third kappa shape index (κ3) is 27.3. The minimum atomic E-state index is -1.58. The Morgan fingerprint density at radius 3 is 1.71 bits per heavy atom. The van der Waals surface area contributed by atoms with E-state index < -0.39 is 49.5 Å². The molecule has 0 bridgehead atoms. The lowest BCUT2D eigenvalue weighted by atomic mass is 9.99. The standard InChI is InChI=1S/C47H81NO8/c1-3-5-7-9-11-13-15-17-19-21-23-25-27-29-31-33-35-37-43(51)48-40(39-55-47-46(54)45(53)44(52)42(38-49)56-47)41(50)36-34-32-30-28-26-24-22-20-18-16-14-12-10-8-6-4-2/h5,7,11,13,17-20,26,28,34,36,40-42,44-47,49-50,52-54H,3-4,6,8-10,12,14-16,21-25,27,29-33,35,37-39H2,1-2H3,(H,48,51)/b7-5-,13-11-,19-17-,20-18+,28-26+,36-34+. The van der Waals surface area contributed by atoms with Gasteiger partial charge in [0.2, 0.25) is 5.91 Å². The minimum absolute atomic E-state index is 0.206. The third-order valence-corrected chi connectivity index (χ3v) is 9.99. The number of carbonyl (C=O) groups excluding carboxylic acids is 1. The molecule has 1 fully saturated rings. The Bertz CT molecular complexity index is 1100. The molecule has 322 valence electrons. The normalized spacial score (nSPS) is 21.9. The fourth-order valence-electron chi connectivity index (χ4n) is 6.43. The smallest absolute Gasteiger partial charge is 0.220 e. The highest BCUT2D eigenvalue weighted by molar-refractivity contribution is 5.76. The van der Waals surface area contributed by atoms with Crippen LogP contribution in [-0.2, 0) is 14.3 Å². The van der Waals surface area contributed by atoms with E-state index in [1.54, 1.807) is 6.08 Å². The van der Waals surface area contributed by atoms with Crippen molar-refractivity contribution >= 4 is 5.91 Å². The molecule has 0 aromatic rings. The summed E-state index contributed by atoms with van der Waals surface area (Å²) in [4.78, 5) is 12.9. The van der Waals surface area contributed by atoms with E-state index in [1.807, 2.05) is 6.08 Å². The number of allylic oxidation sites excluding steroid dienone is 11. The zero-order chi connectivity index (χ0) is 40.9. The summed E-state index contributed by atoms with van der Waals surface area (Å²) in [5, 5.41) is 54.1. The van der Waals surface area contributed by atoms with Gasteiger partial charge in [-0.05, 0) is 77.0 Å². The minimum Gasteiger partial charge on any atom is -0.394 e. The van der Waals surface area contributed by atoms with Gasteiger partial charge in [-0.25, -0.2) is 0 Å². The molecule has 1 amide bonds. The van der Waals surface area contributed by atoms with Crippen LogP contribution in [0.15, 0.2) is 72.9 Å². The molecule has 1 saturated heterocycles. The first kappa shape index (κ1) is 51.6. The molecule has 1 heterocycles. The topological polar surface area (TPSA) is 149 Å². The molecule has 0 aromatic carbocycles. The van der Waals surface area contributed by atoms with E-state index in [9.17, 15) is 30.3 Å². The fourth-order valence-corrected chi connectivity index (χ4v) is 6.43. The summed E-state index contributed by atoms with van der Waals surface area (Å²) < 4.78 is 11.2. The Labute approximate surface area is 340 Å². The van der Waals surface area contributed by atoms with Crippen molar-refractivity contribution in [1.29, 1.82) is 0 Å². The van der Waals surface area contributed by atoms with E-state index in [4.69, 9.17) is 9.47 Å². The van der Waals surface area contributed by atoms with Crippen LogP contribution in [0.2, 0.25) is 0 Å². The summed E-state index contributed by atoms with van der Waals surface area (Å²) in [5.41, 5.74) is 0. The fraction of sp³-hybridized carbons (Fsp3) is 0.723. The largest absolute Gasteiger partial charge is 0.394 e. The number of ether oxygens (including phenoxy) is 2. The summed E-state index contributed by atoms with van der Waals surface area (Å²) in [5.74, 6) is -0.206. The molecule has 1 aliphatic heterocycles. The number of carbonyl (C=O) groups is 1. The summed E-state index contributed by atoms with van der Waals surface area (Å²) in [6.45, 7) is 3.60. The Morgan fingerprint density at radius 1 is 0.625 bits per heavy atom. The van der Waals surface area contributed by atoms with Crippen LogP contribution in [0.4, 0.5) is 0 Å². The molecule has 0 aromatic heterocycles. The first-order valence-corrected chi connectivity index (χ1v) is 22.2. The molecule has 7 unspecified atom stereocenters. The van der Waals surface area contributed by atoms with E-state index in [0.717, 1.165) is 83.5 Å². The maximum atomic E-state index is 12.9. The van der Waals surface area contributed by atoms with Gasteiger partial charge in [-0.15, -0.1) is 0 Å². The number of aliphatic hydroxyl groups is 5. The zero-order valence-electron chi connectivity index (χ0n) is 35.1. The van der Waals surface area contributed by atoms with Gasteiger partial charge in [-0.3, -0.25) is 4.79 Å². The molecule has 9 heteroatoms. The second-order valence-electron chi connectivity index (χ2n) is 15.1. The van der Waals surface area contributed by atoms with E-state index in [1.165, 1.54) is 57.8 Å². The van der Waals surface area contributed by atoms with Crippen molar-refractivity contribution in [1.82, 2.24) is 5.32 Å². The maximum absolute atomic E-state index is 12.9. The third-order valence-electron chi connectivity index (χ3n) is 9.99. The van der Waals surface area contributed by atoms with Crippen molar-refractivity contribution in [3.8, 4) is 0 Å². The summed E-state index contributed by atoms with van der Waals surface area (Å²) in [7, 11) is 0. The highest BCUT2D eigenvalue weighted by Gasteiger charge is 2.44. The molecule has 0 spiro atoms. The molecule has 7 atom stereocenters. The lowest BCUT2D eigenvalue weighted by molar-refractivity contribution is -0.302. The molecule has 1 aliphatic rings. The van der Waals surface area contributed by atoms with Crippen LogP contribution in [0.5, 0.6) is 0 Å². The number of amides is 1. The first-order chi connectivity index (χ1) is 27.3. The van der Waals surface area contributed by atoms with Gasteiger partial charge in [0, 0.05) is 6.42 Å². The predicted octanol–water partition coefficient (Wildman–Crippen LogP) is 9.00. The number of aliphatic hydroxyl groups excluding tert-OH is 5. The SMILES string of the molecule is CC/C=C\C/C=C\C/C=C\CCCCCCCCCC(=O)NC(COC1OC(CO)C(O)C(O)C1O)C(O)/C=C/CC/C=C/CC/C=C/CCCCCCCC. The zero-order valence-corrected chi connectivity index (χ0v) is 35.1. The quantitative estimate of drug-likeness (QED) is 0.0276.